The van der Waals surface area contributed by atoms with Crippen LogP contribution in [0.25, 0.3) is 0 Å². The third-order valence-electron chi connectivity index (χ3n) is 4.20. The summed E-state index contributed by atoms with van der Waals surface area (Å²) < 4.78 is 0. The Morgan fingerprint density at radius 1 is 1.35 bits per heavy atom. The molecule has 5 nitrogen and oxygen atoms in total. The molecule has 0 spiro atoms. The lowest BCUT2D eigenvalue weighted by molar-refractivity contribution is 0.357. The fourth-order valence-corrected chi connectivity index (χ4v) is 2.66. The van der Waals surface area contributed by atoms with Crippen LogP contribution in [0.5, 0.6) is 0 Å². The number of rotatable bonds is 6. The fraction of sp³-hybridized carbons (Fsp3) is 0.588. The number of nitrogens with one attached hydrogen (secondary N) is 2. The van der Waals surface area contributed by atoms with Crippen LogP contribution in [0.3, 0.4) is 0 Å². The second-order valence-corrected chi connectivity index (χ2v) is 5.81. The van der Waals surface area contributed by atoms with Gasteiger partial charge in [0.1, 0.15) is 0 Å². The number of hydrogen-bond donors (Lipinski definition) is 2. The number of guanidine groups is 1. The lowest BCUT2D eigenvalue weighted by atomic mass is 10.3. The first-order chi connectivity index (χ1) is 10.7. The lowest BCUT2D eigenvalue weighted by Crippen LogP contribution is -2.46. The summed E-state index contributed by atoms with van der Waals surface area (Å²) in [6.07, 6.45) is 1.14. The molecule has 0 aliphatic carbocycles. The number of benzene rings is 1. The molecule has 1 fully saturated rings. The third kappa shape index (κ3) is 6.55. The highest BCUT2D eigenvalue weighted by Gasteiger charge is 2.23. The largest absolute Gasteiger partial charge is 0.369 e. The van der Waals surface area contributed by atoms with Crippen molar-refractivity contribution in [2.24, 2.45) is 4.99 Å². The van der Waals surface area contributed by atoms with E-state index in [1.54, 1.807) is 0 Å². The number of halogens is 1. The van der Waals surface area contributed by atoms with Crippen LogP contribution in [-0.4, -0.2) is 63.7 Å². The van der Waals surface area contributed by atoms with Crippen molar-refractivity contribution in [1.29, 1.82) is 0 Å². The molecule has 130 valence electrons. The van der Waals surface area contributed by atoms with E-state index >= 15 is 0 Å². The van der Waals surface area contributed by atoms with Gasteiger partial charge in [-0.2, -0.15) is 0 Å². The second-order valence-electron chi connectivity index (χ2n) is 5.81. The number of nitrogens with zero attached hydrogens (tertiary/aromatic N) is 3. The maximum atomic E-state index is 4.33. The summed E-state index contributed by atoms with van der Waals surface area (Å²) in [5.74, 6) is 0.907. The van der Waals surface area contributed by atoms with Gasteiger partial charge >= 0.3 is 0 Å². The van der Waals surface area contributed by atoms with Crippen molar-refractivity contribution in [3.05, 3.63) is 30.3 Å². The van der Waals surface area contributed by atoms with Crippen LogP contribution < -0.4 is 15.5 Å². The molecule has 0 bridgehead atoms. The topological polar surface area (TPSA) is 42.9 Å². The summed E-state index contributed by atoms with van der Waals surface area (Å²) in [6.45, 7) is 7.31. The zero-order valence-electron chi connectivity index (χ0n) is 14.5. The van der Waals surface area contributed by atoms with Crippen LogP contribution >= 0.6 is 24.0 Å². The van der Waals surface area contributed by atoms with Crippen LogP contribution in [0, 0.1) is 0 Å². The summed E-state index contributed by atoms with van der Waals surface area (Å²) in [4.78, 5) is 9.04. The molecule has 23 heavy (non-hydrogen) atoms. The van der Waals surface area contributed by atoms with Gasteiger partial charge in [-0.15, -0.1) is 24.0 Å². The molecule has 0 amide bonds. The number of likely N-dealkylation sites (N-methyl/N-ethyl adjacent to an activating group) is 1. The zero-order chi connectivity index (χ0) is 15.8. The van der Waals surface area contributed by atoms with Crippen LogP contribution in [0.2, 0.25) is 0 Å². The molecule has 1 aromatic rings. The highest BCUT2D eigenvalue weighted by atomic mass is 127. The number of hydrogen-bond acceptors (Lipinski definition) is 3. The van der Waals surface area contributed by atoms with Crippen LogP contribution in [0.15, 0.2) is 35.3 Å². The van der Waals surface area contributed by atoms with E-state index in [1.165, 1.54) is 5.69 Å². The summed E-state index contributed by atoms with van der Waals surface area (Å²) >= 11 is 0. The summed E-state index contributed by atoms with van der Waals surface area (Å²) in [5, 5.41) is 6.93. The first-order valence-corrected chi connectivity index (χ1v) is 8.18. The van der Waals surface area contributed by atoms with Gasteiger partial charge in [-0.05, 0) is 32.1 Å². The van der Waals surface area contributed by atoms with Gasteiger partial charge < -0.3 is 20.4 Å². The van der Waals surface area contributed by atoms with Crippen molar-refractivity contribution in [3.8, 4) is 0 Å². The summed E-state index contributed by atoms with van der Waals surface area (Å²) in [7, 11) is 3.97. The van der Waals surface area contributed by atoms with E-state index in [1.807, 2.05) is 7.05 Å². The molecule has 6 heteroatoms. The van der Waals surface area contributed by atoms with Crippen LogP contribution in [0.1, 0.15) is 13.3 Å². The molecular weight excluding hydrogens is 401 g/mol. The van der Waals surface area contributed by atoms with E-state index < -0.39 is 0 Å². The number of anilines is 1. The van der Waals surface area contributed by atoms with Crippen molar-refractivity contribution in [1.82, 2.24) is 15.5 Å². The summed E-state index contributed by atoms with van der Waals surface area (Å²) in [5.41, 5.74) is 1.30. The first-order valence-electron chi connectivity index (χ1n) is 8.18. The van der Waals surface area contributed by atoms with Gasteiger partial charge in [0.15, 0.2) is 5.96 Å². The maximum absolute atomic E-state index is 4.33. The standard InChI is InChI=1S/C17H29N5.HI/c1-4-21(3)13-11-19-17(18-2)20-15-10-12-22(14-15)16-8-6-5-7-9-16;/h5-9,15H,4,10-14H2,1-3H3,(H2,18,19,20);1H. The predicted molar refractivity (Wildman–Crippen MR) is 110 cm³/mol. The molecule has 2 rings (SSSR count). The van der Waals surface area contributed by atoms with Gasteiger partial charge in [-0.25, -0.2) is 0 Å². The van der Waals surface area contributed by atoms with Gasteiger partial charge in [0.05, 0.1) is 0 Å². The number of aliphatic imine (C=N–C) groups is 1. The molecule has 1 aliphatic rings. The maximum Gasteiger partial charge on any atom is 0.191 e. The van der Waals surface area contributed by atoms with Gasteiger partial charge in [0.2, 0.25) is 0 Å². The van der Waals surface area contributed by atoms with Crippen LogP contribution in [0.4, 0.5) is 5.69 Å². The molecule has 1 heterocycles. The molecule has 1 saturated heterocycles. The fourth-order valence-electron chi connectivity index (χ4n) is 2.66. The van der Waals surface area contributed by atoms with Crippen LogP contribution in [-0.2, 0) is 0 Å². The molecule has 1 aliphatic heterocycles. The van der Waals surface area contributed by atoms with E-state index in [4.69, 9.17) is 0 Å². The SMILES string of the molecule is CCN(C)CCNC(=NC)NC1CCN(c2ccccc2)C1.I. The molecule has 0 saturated carbocycles. The van der Waals surface area contributed by atoms with E-state index in [9.17, 15) is 0 Å². The van der Waals surface area contributed by atoms with Crippen molar-refractivity contribution in [2.45, 2.75) is 19.4 Å². The molecule has 0 radical (unpaired) electrons. The Morgan fingerprint density at radius 2 is 2.09 bits per heavy atom. The van der Waals surface area contributed by atoms with E-state index in [0.717, 1.165) is 45.1 Å². The Balaban J connectivity index is 0.00000264. The van der Waals surface area contributed by atoms with E-state index in [-0.39, 0.29) is 24.0 Å². The Kier molecular flexibility index (Phi) is 9.31. The quantitative estimate of drug-likeness (QED) is 0.411. The van der Waals surface area contributed by atoms with E-state index in [0.29, 0.717) is 6.04 Å². The number of para-hydroxylation sites is 1. The zero-order valence-corrected chi connectivity index (χ0v) is 16.8. The third-order valence-corrected chi connectivity index (χ3v) is 4.20. The van der Waals surface area contributed by atoms with Crippen molar-refractivity contribution in [2.75, 3.05) is 51.7 Å². The lowest BCUT2D eigenvalue weighted by Gasteiger charge is -2.21. The molecular formula is C17H30IN5. The highest BCUT2D eigenvalue weighted by molar-refractivity contribution is 14.0. The minimum absolute atomic E-state index is 0. The second kappa shape index (κ2) is 10.7. The molecule has 1 aromatic carbocycles. The molecule has 0 aromatic heterocycles. The summed E-state index contributed by atoms with van der Waals surface area (Å²) in [6, 6.07) is 11.1. The van der Waals surface area contributed by atoms with Crippen molar-refractivity contribution < 1.29 is 0 Å². The average molecular weight is 431 g/mol. The monoisotopic (exact) mass is 431 g/mol. The Hall–Kier alpha value is -1.02. The van der Waals surface area contributed by atoms with Crippen molar-refractivity contribution >= 4 is 35.6 Å². The van der Waals surface area contributed by atoms with Gasteiger partial charge in [-0.1, -0.05) is 25.1 Å². The Morgan fingerprint density at radius 3 is 2.74 bits per heavy atom. The van der Waals surface area contributed by atoms with Crippen molar-refractivity contribution in [3.63, 3.8) is 0 Å². The first kappa shape index (κ1) is 20.0. The Labute approximate surface area is 157 Å². The minimum Gasteiger partial charge on any atom is -0.369 e. The molecule has 1 atom stereocenters. The molecule has 2 N–H and O–H groups in total. The highest BCUT2D eigenvalue weighted by Crippen LogP contribution is 2.19. The van der Waals surface area contributed by atoms with Gasteiger partial charge in [0.25, 0.3) is 0 Å². The molecule has 1 unspecified atom stereocenters. The van der Waals surface area contributed by atoms with Gasteiger partial charge in [-0.3, -0.25) is 4.99 Å². The minimum atomic E-state index is 0. The predicted octanol–water partition coefficient (Wildman–Crippen LogP) is 2.00. The Bertz CT molecular complexity index is 465. The smallest absolute Gasteiger partial charge is 0.191 e. The van der Waals surface area contributed by atoms with E-state index in [2.05, 4.69) is 69.7 Å². The normalized spacial score (nSPS) is 18.0. The van der Waals surface area contributed by atoms with Gasteiger partial charge in [0, 0.05) is 45.0 Å². The average Bonchev–Trinajstić information content (AvgIpc) is 3.03.